The van der Waals surface area contributed by atoms with Crippen molar-refractivity contribution in [3.8, 4) is 0 Å². The number of carbonyl (C=O) groups excluding carboxylic acids is 2. The van der Waals surface area contributed by atoms with Crippen LogP contribution in [0.25, 0.3) is 0 Å². The Labute approximate surface area is 351 Å². The van der Waals surface area contributed by atoms with E-state index in [1.165, 1.54) is 186 Å². The zero-order valence-electron chi connectivity index (χ0n) is 35.5. The Morgan fingerprint density at radius 3 is 0.887 bits per heavy atom. The van der Waals surface area contributed by atoms with Gasteiger partial charge < -0.3 is 9.47 Å². The maximum absolute atomic E-state index is 12.4. The quantitative estimate of drug-likeness (QED) is 0.0284. The van der Waals surface area contributed by atoms with E-state index in [0.29, 0.717) is 12.8 Å². The summed E-state index contributed by atoms with van der Waals surface area (Å²) in [6.45, 7) is 4.80. The molecule has 7 nitrogen and oxygen atoms in total. The standard InChI is InChI=1S/C44H86O7S.Na/c1-3-5-7-9-11-13-15-17-19-21-23-25-27-29-31-33-35-37-39-50-43(45)41-42(52(47,48)49)44(46)51-40-38-36-34-32-30-28-26-24-22-20-18-16-14-12-10-8-6-4-2;/h42H,3-41H2,1-2H3,(H,47,48,49);. The molecule has 0 heterocycles. The molecule has 0 rings (SSSR count). The Morgan fingerprint density at radius 1 is 0.415 bits per heavy atom. The molecule has 0 spiro atoms. The third kappa shape index (κ3) is 41.3. The Kier molecular flexibility index (Phi) is 44.6. The monoisotopic (exact) mass is 782 g/mol. The van der Waals surface area contributed by atoms with Crippen molar-refractivity contribution in [3.63, 3.8) is 0 Å². The van der Waals surface area contributed by atoms with Gasteiger partial charge >= 0.3 is 11.9 Å². The van der Waals surface area contributed by atoms with Crippen LogP contribution in [0.1, 0.15) is 251 Å². The van der Waals surface area contributed by atoms with Crippen LogP contribution in [0.5, 0.6) is 0 Å². The molecule has 0 bridgehead atoms. The Morgan fingerprint density at radius 2 is 0.642 bits per heavy atom. The molecule has 0 aromatic heterocycles. The van der Waals surface area contributed by atoms with Crippen molar-refractivity contribution in [3.05, 3.63) is 0 Å². The van der Waals surface area contributed by atoms with Gasteiger partial charge in [-0.2, -0.15) is 8.42 Å². The van der Waals surface area contributed by atoms with Crippen molar-refractivity contribution in [2.24, 2.45) is 0 Å². The molecule has 0 amide bonds. The van der Waals surface area contributed by atoms with Crippen molar-refractivity contribution >= 4 is 51.6 Å². The van der Waals surface area contributed by atoms with E-state index >= 15 is 0 Å². The molecule has 1 N–H and O–H groups in total. The minimum absolute atomic E-state index is 0. The van der Waals surface area contributed by atoms with Crippen molar-refractivity contribution < 1.29 is 32.0 Å². The molecule has 0 saturated heterocycles. The molecule has 0 aromatic carbocycles. The fourth-order valence-electron chi connectivity index (χ4n) is 6.98. The van der Waals surface area contributed by atoms with Crippen LogP contribution in [-0.4, -0.2) is 72.9 Å². The van der Waals surface area contributed by atoms with Crippen LogP contribution in [0.4, 0.5) is 0 Å². The molecular weight excluding hydrogens is 696 g/mol. The van der Waals surface area contributed by atoms with Gasteiger partial charge in [-0.1, -0.05) is 232 Å². The normalized spacial score (nSPS) is 12.1. The van der Waals surface area contributed by atoms with Gasteiger partial charge in [0, 0.05) is 29.6 Å². The summed E-state index contributed by atoms with van der Waals surface area (Å²) >= 11 is 0. The molecule has 311 valence electrons. The molecule has 9 heteroatoms. The Bertz CT molecular complexity index is 883. The smallest absolute Gasteiger partial charge is 0.327 e. The first-order chi connectivity index (χ1) is 25.3. The molecule has 1 unspecified atom stereocenters. The van der Waals surface area contributed by atoms with E-state index in [1.807, 2.05) is 0 Å². The second kappa shape index (κ2) is 43.0. The summed E-state index contributed by atoms with van der Waals surface area (Å²) in [5.74, 6) is -1.89. The van der Waals surface area contributed by atoms with Gasteiger partial charge in [-0.05, 0) is 12.8 Å². The topological polar surface area (TPSA) is 107 Å². The molecule has 1 atom stereocenters. The van der Waals surface area contributed by atoms with Crippen LogP contribution in [0.15, 0.2) is 0 Å². The van der Waals surface area contributed by atoms with Crippen LogP contribution in [-0.2, 0) is 29.2 Å². The van der Waals surface area contributed by atoms with Gasteiger partial charge in [0.2, 0.25) is 0 Å². The number of rotatable bonds is 42. The Hall–Kier alpha value is -0.150. The summed E-state index contributed by atoms with van der Waals surface area (Å²) in [4.78, 5) is 24.6. The molecule has 0 fully saturated rings. The molecule has 0 aliphatic heterocycles. The van der Waals surface area contributed by atoms with Gasteiger partial charge in [-0.15, -0.1) is 0 Å². The van der Waals surface area contributed by atoms with Crippen LogP contribution in [0.2, 0.25) is 0 Å². The summed E-state index contributed by atoms with van der Waals surface area (Å²) in [7, 11) is -4.77. The van der Waals surface area contributed by atoms with E-state index < -0.39 is 33.7 Å². The number of hydrogen-bond acceptors (Lipinski definition) is 6. The molecule has 0 aliphatic rings. The zero-order valence-corrected chi connectivity index (χ0v) is 38.3. The second-order valence-electron chi connectivity index (χ2n) is 15.6. The number of carbonyl (C=O) groups is 2. The number of ether oxygens (including phenoxy) is 2. The van der Waals surface area contributed by atoms with Crippen LogP contribution >= 0.6 is 0 Å². The van der Waals surface area contributed by atoms with Gasteiger partial charge in [0.05, 0.1) is 19.6 Å². The minimum Gasteiger partial charge on any atom is -0.466 e. The molecule has 0 saturated carbocycles. The van der Waals surface area contributed by atoms with Crippen LogP contribution in [0.3, 0.4) is 0 Å². The molecule has 53 heavy (non-hydrogen) atoms. The van der Waals surface area contributed by atoms with Gasteiger partial charge in [0.1, 0.15) is 0 Å². The van der Waals surface area contributed by atoms with E-state index in [4.69, 9.17) is 9.47 Å². The van der Waals surface area contributed by atoms with E-state index in [-0.39, 0.29) is 42.8 Å². The second-order valence-corrected chi connectivity index (χ2v) is 17.2. The van der Waals surface area contributed by atoms with Gasteiger partial charge in [0.25, 0.3) is 10.1 Å². The SMILES string of the molecule is CCCCCCCCCCCCCCCCCCCCOC(=O)CC(C(=O)OCCCCCCCCCCCCCCCCCCCC)S(=O)(=O)O.[Na]. The van der Waals surface area contributed by atoms with E-state index in [0.717, 1.165) is 32.1 Å². The number of unbranched alkanes of at least 4 members (excludes halogenated alkanes) is 34. The van der Waals surface area contributed by atoms with Gasteiger partial charge in [-0.25, -0.2) is 0 Å². The molecular formula is C44H86NaO7S. The third-order valence-corrected chi connectivity index (χ3v) is 11.6. The van der Waals surface area contributed by atoms with E-state index in [2.05, 4.69) is 13.8 Å². The average molecular weight is 782 g/mol. The summed E-state index contributed by atoms with van der Waals surface area (Å²) in [5, 5.41) is -1.93. The summed E-state index contributed by atoms with van der Waals surface area (Å²) in [6.07, 6.45) is 44.8. The van der Waals surface area contributed by atoms with Crippen molar-refractivity contribution in [2.45, 2.75) is 257 Å². The van der Waals surface area contributed by atoms with Crippen molar-refractivity contribution in [1.82, 2.24) is 0 Å². The van der Waals surface area contributed by atoms with Crippen molar-refractivity contribution in [1.29, 1.82) is 0 Å². The first-order valence-electron chi connectivity index (χ1n) is 22.6. The zero-order chi connectivity index (χ0) is 38.2. The largest absolute Gasteiger partial charge is 0.466 e. The average Bonchev–Trinajstić information content (AvgIpc) is 3.12. The minimum atomic E-state index is -4.77. The first-order valence-corrected chi connectivity index (χ1v) is 24.1. The molecule has 0 aromatic rings. The number of hydrogen-bond donors (Lipinski definition) is 1. The van der Waals surface area contributed by atoms with E-state index in [9.17, 15) is 22.6 Å². The van der Waals surface area contributed by atoms with Gasteiger partial charge in [0.15, 0.2) is 5.25 Å². The predicted octanol–water partition coefficient (Wildman–Crippen LogP) is 13.4. The summed E-state index contributed by atoms with van der Waals surface area (Å²) in [5.41, 5.74) is 0. The Balaban J connectivity index is 0. The molecule has 0 aliphatic carbocycles. The first kappa shape index (κ1) is 54.9. The fourth-order valence-corrected chi connectivity index (χ4v) is 7.64. The predicted molar refractivity (Wildman–Crippen MR) is 225 cm³/mol. The third-order valence-electron chi connectivity index (χ3n) is 10.5. The summed E-state index contributed by atoms with van der Waals surface area (Å²) < 4.78 is 43.5. The van der Waals surface area contributed by atoms with Crippen LogP contribution in [0, 0.1) is 0 Å². The van der Waals surface area contributed by atoms with E-state index in [1.54, 1.807) is 0 Å². The molecule has 1 radical (unpaired) electrons. The maximum atomic E-state index is 12.4. The number of esters is 2. The van der Waals surface area contributed by atoms with Crippen molar-refractivity contribution in [2.75, 3.05) is 13.2 Å². The fraction of sp³-hybridized carbons (Fsp3) is 0.955. The van der Waals surface area contributed by atoms with Crippen LogP contribution < -0.4 is 0 Å². The van der Waals surface area contributed by atoms with Gasteiger partial charge in [-0.3, -0.25) is 14.1 Å². The summed E-state index contributed by atoms with van der Waals surface area (Å²) in [6, 6.07) is 0. The maximum Gasteiger partial charge on any atom is 0.327 e.